The first-order valence-electron chi connectivity index (χ1n) is 30.6. The second kappa shape index (κ2) is 34.9. The minimum absolute atomic E-state index is 0.0229. The van der Waals surface area contributed by atoms with E-state index < -0.39 is 156 Å². The summed E-state index contributed by atoms with van der Waals surface area (Å²) < 4.78 is 0. The molecule has 0 saturated carbocycles. The van der Waals surface area contributed by atoms with Gasteiger partial charge in [0.25, 0.3) is 0 Å². The number of aliphatic hydroxyl groups is 1. The van der Waals surface area contributed by atoms with Gasteiger partial charge in [-0.15, -0.1) is 0 Å². The molecular formula is C62H111N11O12. The molecule has 1 saturated heterocycles. The second-order valence-corrected chi connectivity index (χ2v) is 26.1. The summed E-state index contributed by atoms with van der Waals surface area (Å²) in [6.45, 7) is 29.3. The average molecular weight is 1200 g/mol. The van der Waals surface area contributed by atoms with Crippen molar-refractivity contribution in [1.82, 2.24) is 55.6 Å². The fourth-order valence-corrected chi connectivity index (χ4v) is 10.7. The first-order valence-corrected chi connectivity index (χ1v) is 30.6. The molecule has 23 nitrogen and oxygen atoms in total. The van der Waals surface area contributed by atoms with Crippen LogP contribution in [0.4, 0.5) is 0 Å². The quantitative estimate of drug-likeness (QED) is 0.148. The lowest BCUT2D eigenvalue weighted by molar-refractivity contribution is -0.157. The number of hydrogen-bond donors (Lipinski definition) is 5. The Morgan fingerprint density at radius 3 is 1.32 bits per heavy atom. The number of carbonyl (C=O) groups is 11. The molecular weight excluding hydrogens is 1090 g/mol. The maximum absolute atomic E-state index is 15.1. The van der Waals surface area contributed by atoms with Gasteiger partial charge >= 0.3 is 0 Å². The van der Waals surface area contributed by atoms with Crippen LogP contribution in [0, 0.1) is 41.4 Å². The van der Waals surface area contributed by atoms with Crippen molar-refractivity contribution in [1.29, 1.82) is 0 Å². The van der Waals surface area contributed by atoms with E-state index in [-0.39, 0.29) is 55.8 Å². The van der Waals surface area contributed by atoms with Crippen molar-refractivity contribution in [3.8, 4) is 0 Å². The molecule has 0 radical (unpaired) electrons. The third-order valence-corrected chi connectivity index (χ3v) is 16.1. The van der Waals surface area contributed by atoms with E-state index in [1.54, 1.807) is 54.5 Å². The van der Waals surface area contributed by atoms with Gasteiger partial charge < -0.3 is 60.7 Å². The zero-order chi connectivity index (χ0) is 66.0. The first kappa shape index (κ1) is 76.9. The third kappa shape index (κ3) is 21.7. The molecule has 0 aromatic rings. The van der Waals surface area contributed by atoms with Crippen LogP contribution in [0.15, 0.2) is 12.2 Å². The highest BCUT2D eigenvalue weighted by atomic mass is 16.3. The molecule has 0 aromatic heterocycles. The van der Waals surface area contributed by atoms with Gasteiger partial charge in [0.15, 0.2) is 0 Å². The summed E-state index contributed by atoms with van der Waals surface area (Å²) in [7, 11) is 9.92. The van der Waals surface area contributed by atoms with Gasteiger partial charge in [0.05, 0.1) is 12.6 Å². The topological polar surface area (TPSA) is 279 Å². The lowest BCUT2D eigenvalue weighted by Gasteiger charge is -2.41. The van der Waals surface area contributed by atoms with Crippen molar-refractivity contribution >= 4 is 65.0 Å². The smallest absolute Gasteiger partial charge is 0.246 e. The lowest BCUT2D eigenvalue weighted by atomic mass is 9.91. The number of likely N-dealkylation sites (N-methyl/N-ethyl adjacent to an activating group) is 7. The average Bonchev–Trinajstić information content (AvgIpc) is 3.62. The Hall–Kier alpha value is -6.13. The fraction of sp³-hybridized carbons (Fsp3) is 0.790. The van der Waals surface area contributed by atoms with E-state index in [9.17, 15) is 48.3 Å². The summed E-state index contributed by atoms with van der Waals surface area (Å²) in [5.41, 5.74) is 0. The molecule has 0 aliphatic carbocycles. The van der Waals surface area contributed by atoms with Crippen LogP contribution in [0.2, 0.25) is 0 Å². The maximum atomic E-state index is 15.1. The lowest BCUT2D eigenvalue weighted by Crippen LogP contribution is -2.63. The summed E-state index contributed by atoms with van der Waals surface area (Å²) >= 11 is 0. The zero-order valence-electron chi connectivity index (χ0n) is 56.1. The maximum Gasteiger partial charge on any atom is 0.246 e. The van der Waals surface area contributed by atoms with Gasteiger partial charge in [-0.2, -0.15) is 0 Å². The van der Waals surface area contributed by atoms with Gasteiger partial charge in [-0.3, -0.25) is 52.7 Å². The zero-order valence-corrected chi connectivity index (χ0v) is 56.1. The molecule has 1 aliphatic heterocycles. The van der Waals surface area contributed by atoms with E-state index in [0.29, 0.717) is 6.42 Å². The highest BCUT2D eigenvalue weighted by Gasteiger charge is 2.45. The highest BCUT2D eigenvalue weighted by Crippen LogP contribution is 2.26. The third-order valence-electron chi connectivity index (χ3n) is 16.1. The Morgan fingerprint density at radius 2 is 0.871 bits per heavy atom. The molecule has 12 atom stereocenters. The molecule has 23 heteroatoms. The molecule has 0 bridgehead atoms. The van der Waals surface area contributed by atoms with Crippen LogP contribution >= 0.6 is 0 Å². The summed E-state index contributed by atoms with van der Waals surface area (Å²) in [5.74, 6) is -9.71. The number of aliphatic hydroxyl groups excluding tert-OH is 1. The minimum Gasteiger partial charge on any atom is -0.390 e. The molecule has 11 amide bonds. The molecule has 85 heavy (non-hydrogen) atoms. The van der Waals surface area contributed by atoms with E-state index in [2.05, 4.69) is 21.3 Å². The number of allylic oxidation sites excluding steroid dienone is 2. The first-order chi connectivity index (χ1) is 39.2. The standard InChI is InChI=1S/C62H111N11O12/c1-25-27-28-40(15)52(75)51-56(79)65-43(26-2)58(81)67(18)33-48(74)68(19)44(29-34(3)4)55(78)66-49(38(11)12)61(84)69(20)45(30-35(5)6)54(77)63-41(16)53(76)64-42(17)57(80)70(21)46(31-36(7)8)59(82)71(22)47(32-37(9)10)60(83)72(23)50(39(13)14)62(85)73(51)24/h25,27,34-47,49-52,75H,26,28-33H2,1-24H3,(H,63,77)(H,64,76)(H,65,79)(H,66,78)/b27-25+/t40-,41+,42+,43+,44+,45+,46+,47+,49+,50+,51+,52+/m0/s1. The van der Waals surface area contributed by atoms with Crippen molar-refractivity contribution in [3.63, 3.8) is 0 Å². The predicted octanol–water partition coefficient (Wildman–Crippen LogP) is 3.27. The van der Waals surface area contributed by atoms with E-state index in [4.69, 9.17) is 0 Å². The highest BCUT2D eigenvalue weighted by molar-refractivity contribution is 5.99. The Labute approximate surface area is 508 Å². The van der Waals surface area contributed by atoms with Gasteiger partial charge in [-0.25, -0.2) is 0 Å². The van der Waals surface area contributed by atoms with Crippen LogP contribution in [-0.4, -0.2) is 227 Å². The number of hydrogen-bond acceptors (Lipinski definition) is 12. The number of amides is 11. The van der Waals surface area contributed by atoms with Crippen LogP contribution in [0.3, 0.4) is 0 Å². The van der Waals surface area contributed by atoms with Crippen LogP contribution in [0.5, 0.6) is 0 Å². The minimum atomic E-state index is -1.61. The van der Waals surface area contributed by atoms with Crippen molar-refractivity contribution in [2.45, 2.75) is 223 Å². The van der Waals surface area contributed by atoms with E-state index in [1.807, 2.05) is 61.5 Å². The fourth-order valence-electron chi connectivity index (χ4n) is 10.7. The predicted molar refractivity (Wildman–Crippen MR) is 328 cm³/mol. The van der Waals surface area contributed by atoms with E-state index in [0.717, 1.165) is 9.80 Å². The van der Waals surface area contributed by atoms with Gasteiger partial charge in [0.1, 0.15) is 60.4 Å². The molecule has 1 rings (SSSR count). The molecule has 1 aliphatic rings. The van der Waals surface area contributed by atoms with Gasteiger partial charge in [-0.1, -0.05) is 109 Å². The molecule has 0 unspecified atom stereocenters. The van der Waals surface area contributed by atoms with Crippen LogP contribution in [0.25, 0.3) is 0 Å². The summed E-state index contributed by atoms with van der Waals surface area (Å²) in [6.07, 6.45) is 3.04. The molecule has 0 spiro atoms. The van der Waals surface area contributed by atoms with Crippen molar-refractivity contribution in [3.05, 3.63) is 12.2 Å². The Bertz CT molecular complexity index is 2330. The summed E-state index contributed by atoms with van der Waals surface area (Å²) in [5, 5.41) is 23.1. The number of nitrogens with one attached hydrogen (secondary N) is 4. The molecule has 486 valence electrons. The normalized spacial score (nSPS) is 26.9. The Kier molecular flexibility index (Phi) is 31.5. The Balaban J connectivity index is 4.32. The molecule has 0 aromatic carbocycles. The summed E-state index contributed by atoms with van der Waals surface area (Å²) in [6, 6.07) is -12.3. The monoisotopic (exact) mass is 1200 g/mol. The molecule has 5 N–H and O–H groups in total. The van der Waals surface area contributed by atoms with Gasteiger partial charge in [-0.05, 0) is 101 Å². The largest absolute Gasteiger partial charge is 0.390 e. The van der Waals surface area contributed by atoms with Crippen molar-refractivity contribution in [2.75, 3.05) is 55.9 Å². The van der Waals surface area contributed by atoms with Crippen molar-refractivity contribution in [2.24, 2.45) is 41.4 Å². The summed E-state index contributed by atoms with van der Waals surface area (Å²) in [4.78, 5) is 169. The van der Waals surface area contributed by atoms with Crippen LogP contribution in [0.1, 0.15) is 156 Å². The number of nitrogens with zero attached hydrogens (tertiary/aromatic N) is 7. The number of rotatable bonds is 15. The van der Waals surface area contributed by atoms with Gasteiger partial charge in [0.2, 0.25) is 65.0 Å². The van der Waals surface area contributed by atoms with Crippen molar-refractivity contribution < 1.29 is 57.8 Å². The SMILES string of the molecule is C/C=C/C[C@H](C)[C@@H](O)[C@@H]1C(=O)N[C@H](CC)C(=O)N(C)CC(=O)N(C)[C@H](CC(C)C)C(=O)N[C@H](C(C)C)C(=O)N(C)[C@H](CC(C)C)C(=O)N[C@H](C)C(=O)N[C@H](C)C(=O)N(C)[C@H](CC(C)C)C(=O)N(C)[C@H](CC(C)C)C(=O)N(C)[C@H](C(C)C)C(=O)N1C. The van der Waals surface area contributed by atoms with Crippen LogP contribution < -0.4 is 21.3 Å². The Morgan fingerprint density at radius 1 is 0.459 bits per heavy atom. The number of carbonyl (C=O) groups excluding carboxylic acids is 11. The second-order valence-electron chi connectivity index (χ2n) is 26.1. The van der Waals surface area contributed by atoms with Crippen LogP contribution in [-0.2, 0) is 52.7 Å². The van der Waals surface area contributed by atoms with E-state index >= 15 is 9.59 Å². The van der Waals surface area contributed by atoms with Gasteiger partial charge in [0, 0.05) is 49.3 Å². The molecule has 1 fully saturated rings. The van der Waals surface area contributed by atoms with E-state index in [1.165, 1.54) is 87.7 Å². The molecule has 1 heterocycles.